The molecule has 0 N–H and O–H groups in total. The molecule has 3 heterocycles. The summed E-state index contributed by atoms with van der Waals surface area (Å²) in [6.45, 7) is 5.57. The predicted molar refractivity (Wildman–Crippen MR) is 94.6 cm³/mol. The van der Waals surface area contributed by atoms with E-state index in [9.17, 15) is 0 Å². The Morgan fingerprint density at radius 1 is 1.12 bits per heavy atom. The molecule has 0 amide bonds. The van der Waals surface area contributed by atoms with Crippen LogP contribution in [0.25, 0.3) is 21.5 Å². The van der Waals surface area contributed by atoms with Gasteiger partial charge in [-0.1, -0.05) is 0 Å². The van der Waals surface area contributed by atoms with Crippen molar-refractivity contribution < 1.29 is 9.47 Å². The van der Waals surface area contributed by atoms with Crippen molar-refractivity contribution in [2.24, 2.45) is 0 Å². The van der Waals surface area contributed by atoms with E-state index in [4.69, 9.17) is 9.47 Å². The van der Waals surface area contributed by atoms with E-state index in [1.807, 2.05) is 13.1 Å². The summed E-state index contributed by atoms with van der Waals surface area (Å²) < 4.78 is 11.7. The molecule has 0 atom stereocenters. The average Bonchev–Trinajstić information content (AvgIpc) is 3.03. The van der Waals surface area contributed by atoms with Gasteiger partial charge in [0.05, 0.1) is 13.2 Å². The van der Waals surface area contributed by atoms with Crippen LogP contribution in [-0.4, -0.2) is 34.3 Å². The second kappa shape index (κ2) is 6.45. The zero-order valence-corrected chi connectivity index (χ0v) is 14.6. The Hall–Kier alpha value is -2.05. The van der Waals surface area contributed by atoms with Gasteiger partial charge in [-0.2, -0.15) is 0 Å². The van der Waals surface area contributed by atoms with Crippen LogP contribution in [0, 0.1) is 13.8 Å². The monoisotopic (exact) mass is 341 g/mol. The number of aryl methyl sites for hydroxylation is 2. The molecule has 0 aliphatic carbocycles. The van der Waals surface area contributed by atoms with E-state index in [1.54, 1.807) is 17.7 Å². The third-order valence-electron chi connectivity index (χ3n) is 4.23. The number of fused-ring (bicyclic) bond motifs is 1. The molecule has 0 saturated carbocycles. The molecule has 24 heavy (non-hydrogen) atoms. The topological polar surface area (TPSA) is 57.1 Å². The highest BCUT2D eigenvalue weighted by Crippen LogP contribution is 2.35. The average molecular weight is 341 g/mol. The van der Waals surface area contributed by atoms with Crippen LogP contribution in [0.4, 0.5) is 0 Å². The lowest BCUT2D eigenvalue weighted by atomic mass is 10.1. The lowest BCUT2D eigenvalue weighted by molar-refractivity contribution is 0.0261. The number of aromatic nitrogens is 3. The van der Waals surface area contributed by atoms with Gasteiger partial charge < -0.3 is 9.47 Å². The van der Waals surface area contributed by atoms with E-state index in [0.717, 1.165) is 59.0 Å². The van der Waals surface area contributed by atoms with E-state index < -0.39 is 0 Å². The third kappa shape index (κ3) is 2.99. The van der Waals surface area contributed by atoms with E-state index >= 15 is 0 Å². The second-order valence-corrected chi connectivity index (χ2v) is 7.27. The van der Waals surface area contributed by atoms with Gasteiger partial charge in [-0.05, 0) is 26.0 Å². The molecule has 4 rings (SSSR count). The highest BCUT2D eigenvalue weighted by molar-refractivity contribution is 7.14. The van der Waals surface area contributed by atoms with Gasteiger partial charge in [-0.3, -0.25) is 0 Å². The SMILES string of the molecule is Cc1cnc(-c2cc(OC3CCOCC3)c3ncnc(C)c3c2)s1. The fraction of sp³-hybridized carbons (Fsp3) is 0.389. The maximum absolute atomic E-state index is 6.30. The highest BCUT2D eigenvalue weighted by atomic mass is 32.1. The first kappa shape index (κ1) is 15.5. The molecule has 1 fully saturated rings. The van der Waals surface area contributed by atoms with Gasteiger partial charge in [0.1, 0.15) is 28.7 Å². The van der Waals surface area contributed by atoms with Crippen molar-refractivity contribution in [2.45, 2.75) is 32.8 Å². The number of hydrogen-bond donors (Lipinski definition) is 0. The van der Waals surface area contributed by atoms with Gasteiger partial charge in [0.25, 0.3) is 0 Å². The van der Waals surface area contributed by atoms with Crippen LogP contribution in [-0.2, 0) is 4.74 Å². The zero-order chi connectivity index (χ0) is 16.5. The van der Waals surface area contributed by atoms with E-state index in [0.29, 0.717) is 0 Å². The third-order valence-corrected chi connectivity index (χ3v) is 5.19. The summed E-state index contributed by atoms with van der Waals surface area (Å²) >= 11 is 1.68. The number of benzene rings is 1. The molecule has 1 aliphatic rings. The van der Waals surface area contributed by atoms with Crippen molar-refractivity contribution >= 4 is 22.2 Å². The maximum Gasteiger partial charge on any atom is 0.146 e. The Labute approximate surface area is 144 Å². The molecule has 124 valence electrons. The van der Waals surface area contributed by atoms with Crippen molar-refractivity contribution in [1.29, 1.82) is 0 Å². The number of rotatable bonds is 3. The molecule has 5 nitrogen and oxygen atoms in total. The molecule has 6 heteroatoms. The highest BCUT2D eigenvalue weighted by Gasteiger charge is 2.19. The fourth-order valence-electron chi connectivity index (χ4n) is 2.93. The molecular formula is C18H19N3O2S. The van der Waals surface area contributed by atoms with Gasteiger partial charge in [0, 0.05) is 40.6 Å². The summed E-state index contributed by atoms with van der Waals surface area (Å²) in [5.74, 6) is 0.813. The normalized spacial score (nSPS) is 15.8. The fourth-order valence-corrected chi connectivity index (χ4v) is 3.69. The summed E-state index contributed by atoms with van der Waals surface area (Å²) in [5.41, 5.74) is 2.87. The van der Waals surface area contributed by atoms with E-state index in [2.05, 4.69) is 34.0 Å². The Balaban J connectivity index is 1.81. The summed E-state index contributed by atoms with van der Waals surface area (Å²) in [6.07, 6.45) is 5.49. The van der Waals surface area contributed by atoms with Crippen molar-refractivity contribution in [3.05, 3.63) is 35.2 Å². The summed E-state index contributed by atoms with van der Waals surface area (Å²) in [4.78, 5) is 14.5. The molecule has 0 spiro atoms. The zero-order valence-electron chi connectivity index (χ0n) is 13.8. The summed E-state index contributed by atoms with van der Waals surface area (Å²) in [6, 6.07) is 4.17. The lowest BCUT2D eigenvalue weighted by Crippen LogP contribution is -2.26. The van der Waals surface area contributed by atoms with Crippen LogP contribution in [0.5, 0.6) is 5.75 Å². The maximum atomic E-state index is 6.30. The van der Waals surface area contributed by atoms with Gasteiger partial charge >= 0.3 is 0 Å². The van der Waals surface area contributed by atoms with Crippen LogP contribution in [0.3, 0.4) is 0 Å². The molecule has 2 aromatic heterocycles. The predicted octanol–water partition coefficient (Wildman–Crippen LogP) is 3.93. The van der Waals surface area contributed by atoms with Crippen molar-refractivity contribution in [1.82, 2.24) is 15.0 Å². The second-order valence-electron chi connectivity index (χ2n) is 6.04. The first-order valence-electron chi connectivity index (χ1n) is 8.13. The lowest BCUT2D eigenvalue weighted by Gasteiger charge is -2.24. The molecule has 0 unspecified atom stereocenters. The van der Waals surface area contributed by atoms with Gasteiger partial charge in [-0.15, -0.1) is 11.3 Å². The largest absolute Gasteiger partial charge is 0.488 e. The van der Waals surface area contributed by atoms with Crippen molar-refractivity contribution in [2.75, 3.05) is 13.2 Å². The minimum atomic E-state index is 0.172. The van der Waals surface area contributed by atoms with Crippen LogP contribution < -0.4 is 4.74 Å². The van der Waals surface area contributed by atoms with Gasteiger partial charge in [-0.25, -0.2) is 15.0 Å². The number of thiazole rings is 1. The Morgan fingerprint density at radius 3 is 2.71 bits per heavy atom. The Kier molecular flexibility index (Phi) is 4.16. The molecule has 1 aromatic carbocycles. The quantitative estimate of drug-likeness (QED) is 0.722. The van der Waals surface area contributed by atoms with Gasteiger partial charge in [0.15, 0.2) is 0 Å². The van der Waals surface area contributed by atoms with Crippen LogP contribution >= 0.6 is 11.3 Å². The van der Waals surface area contributed by atoms with Crippen molar-refractivity contribution in [3.63, 3.8) is 0 Å². The van der Waals surface area contributed by atoms with Crippen LogP contribution in [0.1, 0.15) is 23.4 Å². The minimum Gasteiger partial charge on any atom is -0.488 e. The van der Waals surface area contributed by atoms with E-state index in [-0.39, 0.29) is 6.10 Å². The first-order chi connectivity index (χ1) is 11.7. The number of nitrogens with zero attached hydrogens (tertiary/aromatic N) is 3. The van der Waals surface area contributed by atoms with Crippen LogP contribution in [0.15, 0.2) is 24.7 Å². The molecule has 0 radical (unpaired) electrons. The molecule has 1 saturated heterocycles. The minimum absolute atomic E-state index is 0.172. The Bertz CT molecular complexity index is 872. The van der Waals surface area contributed by atoms with Gasteiger partial charge in [0.2, 0.25) is 0 Å². The smallest absolute Gasteiger partial charge is 0.146 e. The van der Waals surface area contributed by atoms with Crippen LogP contribution in [0.2, 0.25) is 0 Å². The molecule has 1 aliphatic heterocycles. The van der Waals surface area contributed by atoms with E-state index in [1.165, 1.54) is 4.88 Å². The number of hydrogen-bond acceptors (Lipinski definition) is 6. The molecular weight excluding hydrogens is 322 g/mol. The Morgan fingerprint density at radius 2 is 1.96 bits per heavy atom. The summed E-state index contributed by atoms with van der Waals surface area (Å²) in [5, 5.41) is 2.01. The summed E-state index contributed by atoms with van der Waals surface area (Å²) in [7, 11) is 0. The molecule has 0 bridgehead atoms. The molecule has 3 aromatic rings. The number of ether oxygens (including phenoxy) is 2. The standard InChI is InChI=1S/C18H19N3O2S/c1-11-9-19-18(24-11)13-7-15-12(2)20-10-21-17(15)16(8-13)23-14-3-5-22-6-4-14/h7-10,14H,3-6H2,1-2H3. The first-order valence-corrected chi connectivity index (χ1v) is 8.95. The van der Waals surface area contributed by atoms with Crippen molar-refractivity contribution in [3.8, 4) is 16.3 Å².